The first-order valence-corrected chi connectivity index (χ1v) is 9.61. The van der Waals surface area contributed by atoms with Gasteiger partial charge in [-0.3, -0.25) is 9.78 Å². The van der Waals surface area contributed by atoms with Crippen molar-refractivity contribution in [3.8, 4) is 0 Å². The van der Waals surface area contributed by atoms with Crippen molar-refractivity contribution >= 4 is 17.5 Å². The highest BCUT2D eigenvalue weighted by Crippen LogP contribution is 2.21. The Kier molecular flexibility index (Phi) is 5.34. The van der Waals surface area contributed by atoms with Gasteiger partial charge >= 0.3 is 0 Å². The largest absolute Gasteiger partial charge is 0.378 e. The Labute approximate surface area is 164 Å². The molecule has 0 aliphatic carbocycles. The third-order valence-electron chi connectivity index (χ3n) is 5.04. The maximum Gasteiger partial charge on any atom is 0.274 e. The molecule has 9 heteroatoms. The smallest absolute Gasteiger partial charge is 0.274 e. The number of carbonyl (C=O) groups excluding carboxylic acids is 1. The minimum Gasteiger partial charge on any atom is -0.378 e. The lowest BCUT2D eigenvalue weighted by molar-refractivity contribution is 0.0740. The molecule has 2 aromatic rings. The van der Waals surface area contributed by atoms with Crippen molar-refractivity contribution in [2.45, 2.75) is 13.8 Å². The summed E-state index contributed by atoms with van der Waals surface area (Å²) in [6.07, 6.45) is 3.17. The van der Waals surface area contributed by atoms with Gasteiger partial charge in [-0.1, -0.05) is 0 Å². The number of aryl methyl sites for hydroxylation is 2. The number of hydrogen-bond donors (Lipinski definition) is 0. The number of piperazine rings is 1. The first-order valence-electron chi connectivity index (χ1n) is 9.61. The zero-order valence-corrected chi connectivity index (χ0v) is 16.3. The number of aromatic nitrogens is 4. The Morgan fingerprint density at radius 2 is 1.54 bits per heavy atom. The van der Waals surface area contributed by atoms with Crippen LogP contribution in [-0.2, 0) is 4.74 Å². The number of anilines is 2. The zero-order chi connectivity index (χ0) is 19.5. The molecule has 4 rings (SSSR count). The van der Waals surface area contributed by atoms with Crippen LogP contribution >= 0.6 is 0 Å². The van der Waals surface area contributed by atoms with Crippen LogP contribution in [0, 0.1) is 13.8 Å². The molecule has 2 fully saturated rings. The van der Waals surface area contributed by atoms with Crippen LogP contribution < -0.4 is 9.80 Å². The number of hydrogen-bond acceptors (Lipinski definition) is 8. The summed E-state index contributed by atoms with van der Waals surface area (Å²) >= 11 is 0. The van der Waals surface area contributed by atoms with E-state index < -0.39 is 0 Å². The van der Waals surface area contributed by atoms with Crippen LogP contribution in [0.5, 0.6) is 0 Å². The van der Waals surface area contributed by atoms with E-state index >= 15 is 0 Å². The predicted molar refractivity (Wildman–Crippen MR) is 105 cm³/mol. The molecule has 148 valence electrons. The molecule has 0 spiro atoms. The molecule has 4 heterocycles. The van der Waals surface area contributed by atoms with Crippen molar-refractivity contribution in [3.63, 3.8) is 0 Å². The second-order valence-corrected chi connectivity index (χ2v) is 7.05. The molecule has 0 unspecified atom stereocenters. The van der Waals surface area contributed by atoms with E-state index in [-0.39, 0.29) is 5.91 Å². The number of amides is 1. The summed E-state index contributed by atoms with van der Waals surface area (Å²) in [5.41, 5.74) is 1.20. The topological polar surface area (TPSA) is 87.6 Å². The summed E-state index contributed by atoms with van der Waals surface area (Å²) in [7, 11) is 0. The van der Waals surface area contributed by atoms with E-state index in [4.69, 9.17) is 4.74 Å². The SMILES string of the molecule is Cc1cnc(C(=O)N2CCN(c3cc(N4CCOCC4)nc(C)n3)CC2)cn1. The lowest BCUT2D eigenvalue weighted by atomic mass is 10.2. The van der Waals surface area contributed by atoms with E-state index in [0.29, 0.717) is 18.8 Å². The molecule has 0 saturated carbocycles. The van der Waals surface area contributed by atoms with Gasteiger partial charge in [0.1, 0.15) is 23.2 Å². The van der Waals surface area contributed by atoms with E-state index in [9.17, 15) is 4.79 Å². The Morgan fingerprint density at radius 3 is 2.14 bits per heavy atom. The molecule has 28 heavy (non-hydrogen) atoms. The summed E-state index contributed by atoms with van der Waals surface area (Å²) in [6, 6.07) is 2.04. The Hall–Kier alpha value is -2.81. The van der Waals surface area contributed by atoms with E-state index in [1.165, 1.54) is 0 Å². The van der Waals surface area contributed by atoms with Crippen molar-refractivity contribution in [1.82, 2.24) is 24.8 Å². The van der Waals surface area contributed by atoms with Gasteiger partial charge in [-0.2, -0.15) is 0 Å². The molecule has 0 atom stereocenters. The molecule has 2 aromatic heterocycles. The maximum atomic E-state index is 12.6. The van der Waals surface area contributed by atoms with Gasteiger partial charge in [0.2, 0.25) is 0 Å². The minimum absolute atomic E-state index is 0.0694. The fraction of sp³-hybridized carbons (Fsp3) is 0.526. The highest BCUT2D eigenvalue weighted by Gasteiger charge is 2.25. The summed E-state index contributed by atoms with van der Waals surface area (Å²) in [6.45, 7) is 9.62. The van der Waals surface area contributed by atoms with Gasteiger partial charge in [0, 0.05) is 51.5 Å². The standard InChI is InChI=1S/C19H25N7O2/c1-14-12-21-16(13-20-14)19(27)26-5-3-24(4-6-26)17-11-18(23-15(2)22-17)25-7-9-28-10-8-25/h11-13H,3-10H2,1-2H3. The van der Waals surface area contributed by atoms with E-state index in [1.807, 2.05) is 24.8 Å². The van der Waals surface area contributed by atoms with Crippen molar-refractivity contribution in [3.05, 3.63) is 35.7 Å². The summed E-state index contributed by atoms with van der Waals surface area (Å²) in [5.74, 6) is 2.54. The van der Waals surface area contributed by atoms with Crippen LogP contribution in [0.1, 0.15) is 22.0 Å². The molecule has 2 aliphatic heterocycles. The van der Waals surface area contributed by atoms with Gasteiger partial charge in [-0.05, 0) is 13.8 Å². The van der Waals surface area contributed by atoms with Gasteiger partial charge in [0.25, 0.3) is 5.91 Å². The molecule has 9 nitrogen and oxygen atoms in total. The molecule has 0 N–H and O–H groups in total. The zero-order valence-electron chi connectivity index (χ0n) is 16.3. The number of morpholine rings is 1. The van der Waals surface area contributed by atoms with Gasteiger partial charge < -0.3 is 19.4 Å². The lowest BCUT2D eigenvalue weighted by Crippen LogP contribution is -2.49. The third-order valence-corrected chi connectivity index (χ3v) is 5.04. The van der Waals surface area contributed by atoms with Gasteiger partial charge in [-0.25, -0.2) is 15.0 Å². The number of ether oxygens (including phenoxy) is 1. The van der Waals surface area contributed by atoms with Crippen LogP contribution in [0.3, 0.4) is 0 Å². The predicted octanol–water partition coefficient (Wildman–Crippen LogP) is 0.682. The van der Waals surface area contributed by atoms with Crippen LogP contribution in [0.25, 0.3) is 0 Å². The summed E-state index contributed by atoms with van der Waals surface area (Å²) in [5, 5.41) is 0. The minimum atomic E-state index is -0.0694. The molecule has 0 radical (unpaired) electrons. The lowest BCUT2D eigenvalue weighted by Gasteiger charge is -2.36. The Balaban J connectivity index is 1.42. The van der Waals surface area contributed by atoms with Crippen molar-refractivity contribution in [2.75, 3.05) is 62.3 Å². The van der Waals surface area contributed by atoms with E-state index in [2.05, 4.69) is 29.7 Å². The van der Waals surface area contributed by atoms with Crippen molar-refractivity contribution in [2.24, 2.45) is 0 Å². The summed E-state index contributed by atoms with van der Waals surface area (Å²) < 4.78 is 5.43. The normalized spacial score (nSPS) is 17.7. The molecule has 2 saturated heterocycles. The Bertz CT molecular complexity index is 829. The maximum absolute atomic E-state index is 12.6. The fourth-order valence-electron chi connectivity index (χ4n) is 3.46. The second-order valence-electron chi connectivity index (χ2n) is 7.05. The van der Waals surface area contributed by atoms with Gasteiger partial charge in [-0.15, -0.1) is 0 Å². The first kappa shape index (κ1) is 18.5. The summed E-state index contributed by atoms with van der Waals surface area (Å²) in [4.78, 5) is 36.5. The van der Waals surface area contributed by atoms with E-state index in [1.54, 1.807) is 12.4 Å². The average Bonchev–Trinajstić information content (AvgIpc) is 2.74. The van der Waals surface area contributed by atoms with Gasteiger partial charge in [0.15, 0.2) is 0 Å². The highest BCUT2D eigenvalue weighted by atomic mass is 16.5. The van der Waals surface area contributed by atoms with Crippen molar-refractivity contribution in [1.29, 1.82) is 0 Å². The molecule has 1 amide bonds. The van der Waals surface area contributed by atoms with Crippen LogP contribution in [0.4, 0.5) is 11.6 Å². The van der Waals surface area contributed by atoms with E-state index in [0.717, 1.165) is 62.5 Å². The fourth-order valence-corrected chi connectivity index (χ4v) is 3.46. The quantitative estimate of drug-likeness (QED) is 0.765. The Morgan fingerprint density at radius 1 is 0.893 bits per heavy atom. The average molecular weight is 383 g/mol. The number of nitrogens with zero attached hydrogens (tertiary/aromatic N) is 7. The van der Waals surface area contributed by atoms with Crippen LogP contribution in [-0.4, -0.2) is 83.2 Å². The third kappa shape index (κ3) is 4.04. The van der Waals surface area contributed by atoms with Crippen molar-refractivity contribution < 1.29 is 9.53 Å². The van der Waals surface area contributed by atoms with Crippen LogP contribution in [0.2, 0.25) is 0 Å². The molecule has 2 aliphatic rings. The molecular weight excluding hydrogens is 358 g/mol. The van der Waals surface area contributed by atoms with Crippen LogP contribution in [0.15, 0.2) is 18.5 Å². The highest BCUT2D eigenvalue weighted by molar-refractivity contribution is 5.92. The molecular formula is C19H25N7O2. The monoisotopic (exact) mass is 383 g/mol. The van der Waals surface area contributed by atoms with Gasteiger partial charge in [0.05, 0.1) is 25.1 Å². The number of carbonyl (C=O) groups is 1. The molecule has 0 bridgehead atoms. The first-order chi connectivity index (χ1) is 13.6. The number of rotatable bonds is 3. The second kappa shape index (κ2) is 8.05. The molecule has 0 aromatic carbocycles.